The van der Waals surface area contributed by atoms with Gasteiger partial charge in [0.1, 0.15) is 5.75 Å². The number of benzene rings is 2. The molecule has 0 radical (unpaired) electrons. The summed E-state index contributed by atoms with van der Waals surface area (Å²) in [5, 5.41) is 22.2. The third-order valence-corrected chi connectivity index (χ3v) is 8.35. The van der Waals surface area contributed by atoms with Crippen LogP contribution in [-0.4, -0.2) is 52.8 Å². The predicted molar refractivity (Wildman–Crippen MR) is 152 cm³/mol. The Hall–Kier alpha value is -2.67. The zero-order chi connectivity index (χ0) is 26.9. The number of unbranched alkanes of at least 4 members (excludes halogenated alkanes) is 1. The van der Waals surface area contributed by atoms with Gasteiger partial charge in [-0.1, -0.05) is 29.8 Å². The summed E-state index contributed by atoms with van der Waals surface area (Å²) >= 11 is 6.30. The summed E-state index contributed by atoms with van der Waals surface area (Å²) in [7, 11) is 1.64. The minimum Gasteiger partial charge on any atom is -0.497 e. The number of likely N-dealkylation sites (tertiary alicyclic amines) is 1. The number of aromatic nitrogens is 1. The van der Waals surface area contributed by atoms with Crippen LogP contribution in [0.2, 0.25) is 5.02 Å². The second-order valence-electron chi connectivity index (χ2n) is 10.5. The Labute approximate surface area is 230 Å². The third kappa shape index (κ3) is 7.68. The predicted octanol–water partition coefficient (Wildman–Crippen LogP) is 6.54. The molecular weight excluding hydrogens is 500 g/mol. The molecule has 1 aromatic heterocycles. The lowest BCUT2D eigenvalue weighted by molar-refractivity contribution is -0.137. The van der Waals surface area contributed by atoms with Gasteiger partial charge in [-0.05, 0) is 111 Å². The second kappa shape index (κ2) is 13.9. The number of aryl methyl sites for hydroxylation is 1. The molecule has 1 saturated heterocycles. The fraction of sp³-hybridized carbons (Fsp3) is 0.484. The number of fused-ring (bicyclic) bond motifs is 1. The first kappa shape index (κ1) is 28.3. The van der Waals surface area contributed by atoms with Crippen molar-refractivity contribution in [2.75, 3.05) is 26.7 Å². The largest absolute Gasteiger partial charge is 0.497 e. The number of carboxylic acids is 1. The Morgan fingerprint density at radius 1 is 1.16 bits per heavy atom. The summed E-state index contributed by atoms with van der Waals surface area (Å²) in [5.41, 5.74) is 2.91. The Bertz CT molecular complexity index is 1200. The van der Waals surface area contributed by atoms with E-state index in [9.17, 15) is 15.0 Å². The smallest absolute Gasteiger partial charge is 0.303 e. The highest BCUT2D eigenvalue weighted by atomic mass is 35.5. The summed E-state index contributed by atoms with van der Waals surface area (Å²) in [5.74, 6) is 0.737. The molecule has 204 valence electrons. The number of rotatable bonds is 13. The van der Waals surface area contributed by atoms with Gasteiger partial charge < -0.3 is 19.8 Å². The Balaban J connectivity index is 1.32. The molecule has 2 unspecified atom stereocenters. The maximum atomic E-state index is 11.4. The number of halogens is 1. The molecule has 2 aromatic carbocycles. The number of ether oxygens (including phenoxy) is 1. The number of carboxylic acid groups (broad SMARTS) is 1. The van der Waals surface area contributed by atoms with Crippen molar-refractivity contribution in [3.63, 3.8) is 0 Å². The summed E-state index contributed by atoms with van der Waals surface area (Å²) in [6.07, 6.45) is 7.73. The number of methoxy groups -OCH3 is 1. The van der Waals surface area contributed by atoms with Crippen LogP contribution >= 0.6 is 11.6 Å². The van der Waals surface area contributed by atoms with Gasteiger partial charge in [0.05, 0.1) is 18.7 Å². The van der Waals surface area contributed by atoms with E-state index in [-0.39, 0.29) is 6.42 Å². The van der Waals surface area contributed by atoms with E-state index in [1.807, 2.05) is 42.5 Å². The monoisotopic (exact) mass is 538 g/mol. The molecule has 38 heavy (non-hydrogen) atoms. The normalized spacial score (nSPS) is 18.9. The topological polar surface area (TPSA) is 82.9 Å². The molecule has 2 heterocycles. The number of carbonyl (C=O) groups is 1. The number of hydrogen-bond acceptors (Lipinski definition) is 5. The van der Waals surface area contributed by atoms with E-state index in [0.29, 0.717) is 24.7 Å². The number of piperidine rings is 1. The molecule has 0 spiro atoms. The van der Waals surface area contributed by atoms with E-state index >= 15 is 0 Å². The molecule has 4 rings (SSSR count). The molecule has 6 nitrogen and oxygen atoms in total. The highest BCUT2D eigenvalue weighted by molar-refractivity contribution is 6.31. The molecular formula is C31H39ClN2O4. The number of aliphatic hydroxyl groups is 1. The van der Waals surface area contributed by atoms with Gasteiger partial charge in [-0.25, -0.2) is 0 Å². The van der Waals surface area contributed by atoms with E-state index in [1.54, 1.807) is 13.3 Å². The van der Waals surface area contributed by atoms with Crippen LogP contribution in [0.3, 0.4) is 0 Å². The minimum atomic E-state index is -0.738. The van der Waals surface area contributed by atoms with E-state index in [2.05, 4.69) is 16.0 Å². The molecule has 2 N–H and O–H groups in total. The third-order valence-electron chi connectivity index (χ3n) is 7.99. The lowest BCUT2D eigenvalue weighted by Crippen LogP contribution is -2.41. The van der Waals surface area contributed by atoms with Gasteiger partial charge in [0.2, 0.25) is 0 Å². The fourth-order valence-corrected chi connectivity index (χ4v) is 6.05. The summed E-state index contributed by atoms with van der Waals surface area (Å²) in [6, 6.07) is 15.6. The van der Waals surface area contributed by atoms with Crippen molar-refractivity contribution in [3.8, 4) is 5.75 Å². The standard InChI is InChI=1S/C31H39ClN2O4/c1-38-25-11-12-29-27(20-25)26(15-17-33-29)30(35)13-9-22-16-19-34(21-24(22)10-14-31(36)37)18-5-4-7-23-6-2-3-8-28(23)32/h2-3,6,8,11-12,15,17,20,22,24,30,35H,4-5,7,9-10,13-14,16,18-19,21H2,1H3,(H,36,37)/t22?,24?,30-/m0/s1. The zero-order valence-electron chi connectivity index (χ0n) is 22.2. The van der Waals surface area contributed by atoms with Crippen molar-refractivity contribution >= 4 is 28.5 Å². The van der Waals surface area contributed by atoms with E-state index in [1.165, 1.54) is 5.56 Å². The molecule has 3 atom stereocenters. The molecule has 1 aliphatic rings. The van der Waals surface area contributed by atoms with Crippen LogP contribution < -0.4 is 4.74 Å². The van der Waals surface area contributed by atoms with Crippen molar-refractivity contribution in [2.24, 2.45) is 11.8 Å². The molecule has 0 amide bonds. The van der Waals surface area contributed by atoms with Crippen molar-refractivity contribution in [1.82, 2.24) is 9.88 Å². The number of hydrogen-bond donors (Lipinski definition) is 2. The van der Waals surface area contributed by atoms with Gasteiger partial charge in [-0.15, -0.1) is 0 Å². The number of aliphatic hydroxyl groups excluding tert-OH is 1. The number of aliphatic carboxylic acids is 1. The van der Waals surface area contributed by atoms with Crippen LogP contribution in [0.4, 0.5) is 0 Å². The first-order valence-corrected chi connectivity index (χ1v) is 14.1. The van der Waals surface area contributed by atoms with Crippen LogP contribution in [0.15, 0.2) is 54.7 Å². The van der Waals surface area contributed by atoms with E-state index < -0.39 is 12.1 Å². The summed E-state index contributed by atoms with van der Waals surface area (Å²) in [4.78, 5) is 18.3. The van der Waals surface area contributed by atoms with Crippen molar-refractivity contribution in [2.45, 2.75) is 57.5 Å². The number of nitrogens with zero attached hydrogens (tertiary/aromatic N) is 2. The van der Waals surface area contributed by atoms with Crippen molar-refractivity contribution in [3.05, 3.63) is 70.9 Å². The molecule has 0 saturated carbocycles. The highest BCUT2D eigenvalue weighted by Gasteiger charge is 2.30. The highest BCUT2D eigenvalue weighted by Crippen LogP contribution is 2.35. The number of pyridine rings is 1. The molecule has 0 bridgehead atoms. The molecule has 1 fully saturated rings. The summed E-state index contributed by atoms with van der Waals surface area (Å²) in [6.45, 7) is 2.97. The van der Waals surface area contributed by atoms with Crippen LogP contribution in [0.5, 0.6) is 5.75 Å². The quantitative estimate of drug-likeness (QED) is 0.240. The van der Waals surface area contributed by atoms with Crippen LogP contribution in [-0.2, 0) is 11.2 Å². The maximum absolute atomic E-state index is 11.4. The SMILES string of the molecule is COc1ccc2nccc([C@@H](O)CCC3CCN(CCCCc4ccccc4Cl)CC3CCC(=O)O)c2c1. The Kier molecular flexibility index (Phi) is 10.4. The lowest BCUT2D eigenvalue weighted by atomic mass is 9.79. The van der Waals surface area contributed by atoms with Gasteiger partial charge in [-0.2, -0.15) is 0 Å². The first-order valence-electron chi connectivity index (χ1n) is 13.7. The fourth-order valence-electron chi connectivity index (χ4n) is 5.82. The average Bonchev–Trinajstić information content (AvgIpc) is 2.93. The lowest BCUT2D eigenvalue weighted by Gasteiger charge is -2.39. The average molecular weight is 539 g/mol. The minimum absolute atomic E-state index is 0.193. The van der Waals surface area contributed by atoms with Gasteiger partial charge in [-0.3, -0.25) is 9.78 Å². The molecule has 1 aliphatic heterocycles. The van der Waals surface area contributed by atoms with Gasteiger partial charge in [0.15, 0.2) is 0 Å². The maximum Gasteiger partial charge on any atom is 0.303 e. The van der Waals surface area contributed by atoms with Crippen LogP contribution in [0.25, 0.3) is 10.9 Å². The van der Waals surface area contributed by atoms with Gasteiger partial charge >= 0.3 is 5.97 Å². The van der Waals surface area contributed by atoms with Crippen molar-refractivity contribution < 1.29 is 19.7 Å². The Morgan fingerprint density at radius 3 is 2.79 bits per heavy atom. The zero-order valence-corrected chi connectivity index (χ0v) is 22.9. The first-order chi connectivity index (χ1) is 18.4. The van der Waals surface area contributed by atoms with E-state index in [0.717, 1.165) is 79.0 Å². The molecule has 0 aliphatic carbocycles. The molecule has 3 aromatic rings. The van der Waals surface area contributed by atoms with Gasteiger partial charge in [0, 0.05) is 29.6 Å². The summed E-state index contributed by atoms with van der Waals surface area (Å²) < 4.78 is 5.38. The van der Waals surface area contributed by atoms with Crippen LogP contribution in [0, 0.1) is 11.8 Å². The second-order valence-corrected chi connectivity index (χ2v) is 10.9. The Morgan fingerprint density at radius 2 is 2.00 bits per heavy atom. The van der Waals surface area contributed by atoms with Crippen LogP contribution in [0.1, 0.15) is 62.2 Å². The molecule has 7 heteroatoms. The van der Waals surface area contributed by atoms with E-state index in [4.69, 9.17) is 16.3 Å². The van der Waals surface area contributed by atoms with Crippen molar-refractivity contribution in [1.29, 1.82) is 0 Å². The van der Waals surface area contributed by atoms with Gasteiger partial charge in [0.25, 0.3) is 0 Å².